The fourth-order valence-electron chi connectivity index (χ4n) is 5.34. The van der Waals surface area contributed by atoms with Crippen LogP contribution in [0.25, 0.3) is 28.4 Å². The van der Waals surface area contributed by atoms with E-state index in [0.717, 1.165) is 6.42 Å². The van der Waals surface area contributed by atoms with E-state index in [1.54, 1.807) is 47.4 Å². The van der Waals surface area contributed by atoms with Gasteiger partial charge in [-0.2, -0.15) is 0 Å². The molecule has 0 radical (unpaired) electrons. The lowest BCUT2D eigenvalue weighted by atomic mass is 9.94. The summed E-state index contributed by atoms with van der Waals surface area (Å²) in [7, 11) is 0. The first-order valence-corrected chi connectivity index (χ1v) is 11.8. The maximum absolute atomic E-state index is 13.1. The second-order valence-electron chi connectivity index (χ2n) is 8.61. The Morgan fingerprint density at radius 1 is 1.09 bits per heavy atom. The molecule has 1 amide bonds. The lowest BCUT2D eigenvalue weighted by Crippen LogP contribution is -2.41. The Kier molecular flexibility index (Phi) is 4.55. The van der Waals surface area contributed by atoms with E-state index in [0.29, 0.717) is 37.8 Å². The van der Waals surface area contributed by atoms with E-state index in [2.05, 4.69) is 0 Å². The molecule has 2 saturated carbocycles. The van der Waals surface area contributed by atoms with Crippen molar-refractivity contribution in [1.29, 1.82) is 0 Å². The third kappa shape index (κ3) is 3.04. The van der Waals surface area contributed by atoms with Gasteiger partial charge in [0.05, 0.1) is 10.3 Å². The minimum Gasteiger partial charge on any atom is -0.506 e. The van der Waals surface area contributed by atoms with Crippen molar-refractivity contribution in [2.24, 2.45) is 11.8 Å². The summed E-state index contributed by atoms with van der Waals surface area (Å²) in [5.74, 6) is 1.57. The van der Waals surface area contributed by atoms with Gasteiger partial charge in [0.25, 0.3) is 5.91 Å². The van der Waals surface area contributed by atoms with Crippen molar-refractivity contribution in [1.82, 2.24) is 4.90 Å². The van der Waals surface area contributed by atoms with Crippen molar-refractivity contribution in [2.45, 2.75) is 31.7 Å². The molecule has 32 heavy (non-hydrogen) atoms. The quantitative estimate of drug-likeness (QED) is 0.325. The number of carbonyl (C=O) groups excluding carboxylic acids is 1. The summed E-state index contributed by atoms with van der Waals surface area (Å²) in [5.41, 5.74) is -0.433. The third-order valence-electron chi connectivity index (χ3n) is 6.79. The summed E-state index contributed by atoms with van der Waals surface area (Å²) < 4.78 is 11.7. The van der Waals surface area contributed by atoms with Gasteiger partial charge in [0.1, 0.15) is 32.7 Å². The number of rotatable bonds is 3. The Bertz CT molecular complexity index is 1370. The van der Waals surface area contributed by atoms with E-state index in [4.69, 9.17) is 21.1 Å². The van der Waals surface area contributed by atoms with Gasteiger partial charge in [0, 0.05) is 12.1 Å². The Morgan fingerprint density at radius 2 is 1.94 bits per heavy atom. The Morgan fingerprint density at radius 3 is 2.72 bits per heavy atom. The van der Waals surface area contributed by atoms with E-state index >= 15 is 0 Å². The molecule has 2 aromatic heterocycles. The van der Waals surface area contributed by atoms with Gasteiger partial charge < -0.3 is 13.9 Å². The lowest BCUT2D eigenvalue weighted by molar-refractivity contribution is -0.124. The van der Waals surface area contributed by atoms with E-state index < -0.39 is 5.63 Å². The normalized spacial score (nSPS) is 26.2. The maximum Gasteiger partial charge on any atom is 0.351 e. The first-order chi connectivity index (χ1) is 15.5. The second kappa shape index (κ2) is 7.35. The topological polar surface area (TPSA) is 83.9 Å². The monoisotopic (exact) mass is 465 g/mol. The van der Waals surface area contributed by atoms with Gasteiger partial charge in [-0.05, 0) is 55.4 Å². The van der Waals surface area contributed by atoms with E-state index in [-0.39, 0.29) is 29.0 Å². The third-order valence-corrected chi connectivity index (χ3v) is 8.12. The van der Waals surface area contributed by atoms with Gasteiger partial charge in [-0.3, -0.25) is 9.69 Å². The highest BCUT2D eigenvalue weighted by Crippen LogP contribution is 2.49. The molecule has 3 aromatic rings. The van der Waals surface area contributed by atoms with Crippen LogP contribution in [0.1, 0.15) is 31.4 Å². The molecule has 1 aromatic carbocycles. The molecular formula is C24H19NO5S2. The van der Waals surface area contributed by atoms with Crippen molar-refractivity contribution in [2.75, 3.05) is 0 Å². The number of thioether (sulfide) groups is 1. The molecule has 1 aliphatic heterocycles. The molecule has 3 fully saturated rings. The zero-order valence-electron chi connectivity index (χ0n) is 16.9. The molecule has 3 atom stereocenters. The highest BCUT2D eigenvalue weighted by Gasteiger charge is 2.48. The molecule has 3 unspecified atom stereocenters. The van der Waals surface area contributed by atoms with Gasteiger partial charge in [-0.25, -0.2) is 4.79 Å². The summed E-state index contributed by atoms with van der Waals surface area (Å²) in [6, 6.07) is 10.2. The van der Waals surface area contributed by atoms with E-state index in [1.165, 1.54) is 31.0 Å². The van der Waals surface area contributed by atoms with Gasteiger partial charge >= 0.3 is 5.63 Å². The molecule has 6 rings (SSSR count). The van der Waals surface area contributed by atoms with Crippen molar-refractivity contribution >= 4 is 51.3 Å². The molecular weight excluding hydrogens is 446 g/mol. The smallest absolute Gasteiger partial charge is 0.351 e. The number of hydrogen-bond acceptors (Lipinski definition) is 7. The Balaban J connectivity index is 1.31. The van der Waals surface area contributed by atoms with Crippen molar-refractivity contribution < 1.29 is 18.7 Å². The molecule has 2 aliphatic carbocycles. The van der Waals surface area contributed by atoms with Gasteiger partial charge in [-0.1, -0.05) is 42.5 Å². The zero-order chi connectivity index (χ0) is 22.0. The number of thiocarbonyl (C=S) groups is 1. The molecule has 6 nitrogen and oxygen atoms in total. The molecule has 162 valence electrons. The predicted octanol–water partition coefficient (Wildman–Crippen LogP) is 5.15. The fraction of sp³-hybridized carbons (Fsp3) is 0.292. The van der Waals surface area contributed by atoms with Crippen LogP contribution in [-0.2, 0) is 4.79 Å². The molecule has 0 spiro atoms. The van der Waals surface area contributed by atoms with Gasteiger partial charge in [0.15, 0.2) is 0 Å². The summed E-state index contributed by atoms with van der Waals surface area (Å²) in [6.07, 6.45) is 6.31. The van der Waals surface area contributed by atoms with Crippen LogP contribution in [0.15, 0.2) is 54.9 Å². The first-order valence-electron chi connectivity index (χ1n) is 10.6. The number of amides is 1. The van der Waals surface area contributed by atoms with Crippen LogP contribution < -0.4 is 5.63 Å². The van der Waals surface area contributed by atoms with Crippen LogP contribution in [-0.4, -0.2) is 26.3 Å². The van der Waals surface area contributed by atoms with Crippen molar-refractivity contribution in [3.8, 4) is 17.1 Å². The van der Waals surface area contributed by atoms with Gasteiger partial charge in [-0.15, -0.1) is 0 Å². The minimum absolute atomic E-state index is 0.0436. The highest BCUT2D eigenvalue weighted by atomic mass is 32.2. The summed E-state index contributed by atoms with van der Waals surface area (Å²) >= 11 is 6.82. The number of para-hydroxylation sites is 1. The fourth-order valence-corrected chi connectivity index (χ4v) is 6.69. The van der Waals surface area contributed by atoms with Crippen LogP contribution in [0.3, 0.4) is 0 Å². The highest BCUT2D eigenvalue weighted by molar-refractivity contribution is 8.26. The predicted molar refractivity (Wildman–Crippen MR) is 126 cm³/mol. The SMILES string of the molecule is O=C1/C(=C\c2ccc(-c3c(O)c4ccccc4oc3=O)o2)SC(=S)N1C1CC2CCC1C2. The summed E-state index contributed by atoms with van der Waals surface area (Å²) in [5, 5.41) is 11.1. The first kappa shape index (κ1) is 19.8. The number of benzene rings is 1. The van der Waals surface area contributed by atoms with Crippen LogP contribution in [0, 0.1) is 11.8 Å². The Labute approximate surface area is 192 Å². The second-order valence-corrected chi connectivity index (χ2v) is 10.3. The van der Waals surface area contributed by atoms with Crippen molar-refractivity contribution in [3.05, 3.63) is 57.5 Å². The number of nitrogens with zero attached hydrogens (tertiary/aromatic N) is 1. The van der Waals surface area contributed by atoms with Crippen LogP contribution >= 0.6 is 24.0 Å². The molecule has 8 heteroatoms. The van der Waals surface area contributed by atoms with Gasteiger partial charge in [0.2, 0.25) is 0 Å². The molecule has 1 N–H and O–H groups in total. The number of carbonyl (C=O) groups is 1. The molecule has 2 bridgehead atoms. The minimum atomic E-state index is -0.690. The summed E-state index contributed by atoms with van der Waals surface area (Å²) in [4.78, 5) is 27.9. The largest absolute Gasteiger partial charge is 0.506 e. The van der Waals surface area contributed by atoms with Crippen LogP contribution in [0.4, 0.5) is 0 Å². The average Bonchev–Trinajstić information content (AvgIpc) is 3.55. The number of furan rings is 1. The molecule has 3 heterocycles. The molecule has 1 saturated heterocycles. The zero-order valence-corrected chi connectivity index (χ0v) is 18.6. The van der Waals surface area contributed by atoms with E-state index in [9.17, 15) is 14.7 Å². The average molecular weight is 466 g/mol. The number of aromatic hydroxyl groups is 1. The van der Waals surface area contributed by atoms with Crippen LogP contribution in [0.5, 0.6) is 5.75 Å². The van der Waals surface area contributed by atoms with E-state index in [1.807, 2.05) is 0 Å². The van der Waals surface area contributed by atoms with Crippen LogP contribution in [0.2, 0.25) is 0 Å². The van der Waals surface area contributed by atoms with Crippen molar-refractivity contribution in [3.63, 3.8) is 0 Å². The standard InChI is InChI=1S/C24H19NO5S2/c26-21-15-3-1-2-4-17(15)30-23(28)20(21)18-8-7-14(29-18)11-19-22(27)25(24(31)32-19)16-10-12-5-6-13(16)9-12/h1-4,7-8,11-13,16,26H,5-6,9-10H2/b19-11+. The number of fused-ring (bicyclic) bond motifs is 3. The Hall–Kier alpha value is -2.84. The maximum atomic E-state index is 13.1. The lowest BCUT2D eigenvalue weighted by Gasteiger charge is -2.30. The summed E-state index contributed by atoms with van der Waals surface area (Å²) in [6.45, 7) is 0. The number of hydrogen-bond donors (Lipinski definition) is 1. The molecule has 3 aliphatic rings.